The Labute approximate surface area is 77.1 Å². The van der Waals surface area contributed by atoms with Gasteiger partial charge in [0.05, 0.1) is 0 Å². The number of hydrogen-bond donors (Lipinski definition) is 1. The fourth-order valence-electron chi connectivity index (χ4n) is 1.58. The third kappa shape index (κ3) is 4.73. The molecule has 2 heteroatoms. The molecule has 0 aliphatic heterocycles. The third-order valence-electron chi connectivity index (χ3n) is 2.19. The van der Waals surface area contributed by atoms with E-state index in [0.29, 0.717) is 6.04 Å². The summed E-state index contributed by atoms with van der Waals surface area (Å²) in [4.78, 5) is 0. The van der Waals surface area contributed by atoms with Gasteiger partial charge in [0.25, 0.3) is 0 Å². The van der Waals surface area contributed by atoms with E-state index in [-0.39, 0.29) is 0 Å². The van der Waals surface area contributed by atoms with Crippen molar-refractivity contribution >= 4 is 0 Å². The molecule has 0 saturated heterocycles. The highest BCUT2D eigenvalue weighted by Gasteiger charge is 2.11. The molecule has 12 heavy (non-hydrogen) atoms. The van der Waals surface area contributed by atoms with Gasteiger partial charge in [0.1, 0.15) is 0 Å². The zero-order valence-electron chi connectivity index (χ0n) is 8.84. The molecule has 2 nitrogen and oxygen atoms in total. The zero-order chi connectivity index (χ0) is 9.40. The van der Waals surface area contributed by atoms with E-state index in [2.05, 4.69) is 20.8 Å². The van der Waals surface area contributed by atoms with Crippen LogP contribution in [0.5, 0.6) is 0 Å². The first-order chi connectivity index (χ1) is 5.76. The smallest absolute Gasteiger partial charge is 0.0240 e. The number of hydrogen-bond acceptors (Lipinski definition) is 2. The van der Waals surface area contributed by atoms with Gasteiger partial charge >= 0.3 is 0 Å². The molecule has 0 aliphatic rings. The van der Waals surface area contributed by atoms with E-state index in [4.69, 9.17) is 5.84 Å². The zero-order valence-corrected chi connectivity index (χ0v) is 8.84. The van der Waals surface area contributed by atoms with Crippen LogP contribution in [0.1, 0.15) is 52.9 Å². The van der Waals surface area contributed by atoms with Gasteiger partial charge in [-0.2, -0.15) is 0 Å². The van der Waals surface area contributed by atoms with Crippen LogP contribution < -0.4 is 5.84 Å². The van der Waals surface area contributed by atoms with Crippen LogP contribution in [-0.2, 0) is 0 Å². The van der Waals surface area contributed by atoms with Crippen LogP contribution in [0.25, 0.3) is 0 Å². The molecule has 2 N–H and O–H groups in total. The summed E-state index contributed by atoms with van der Waals surface area (Å²) in [5.74, 6) is 5.93. The minimum absolute atomic E-state index is 0.611. The van der Waals surface area contributed by atoms with Crippen LogP contribution in [0, 0.1) is 0 Å². The molecule has 74 valence electrons. The van der Waals surface area contributed by atoms with Crippen molar-refractivity contribution in [2.75, 3.05) is 6.54 Å². The molecule has 0 rings (SSSR count). The van der Waals surface area contributed by atoms with Gasteiger partial charge in [-0.1, -0.05) is 33.6 Å². The van der Waals surface area contributed by atoms with Crippen LogP contribution in [0.4, 0.5) is 0 Å². The van der Waals surface area contributed by atoms with E-state index in [1.807, 2.05) is 5.01 Å². The maximum absolute atomic E-state index is 5.93. The van der Waals surface area contributed by atoms with Crippen LogP contribution in [0.15, 0.2) is 0 Å². The molecule has 0 aromatic heterocycles. The minimum atomic E-state index is 0.611. The maximum atomic E-state index is 5.93. The van der Waals surface area contributed by atoms with Gasteiger partial charge in [-0.05, 0) is 19.3 Å². The van der Waals surface area contributed by atoms with E-state index < -0.39 is 0 Å². The molecule has 0 spiro atoms. The van der Waals surface area contributed by atoms with E-state index >= 15 is 0 Å². The Hall–Kier alpha value is -0.0800. The van der Waals surface area contributed by atoms with Gasteiger partial charge in [-0.15, -0.1) is 0 Å². The Balaban J connectivity index is 3.72. The number of rotatable bonds is 7. The predicted octanol–water partition coefficient (Wildman–Crippen LogP) is 2.54. The van der Waals surface area contributed by atoms with Crippen molar-refractivity contribution in [2.45, 2.75) is 58.9 Å². The van der Waals surface area contributed by atoms with E-state index in [1.54, 1.807) is 0 Å². The SMILES string of the molecule is CCCC(CCC)N(N)CCC. The number of nitrogens with two attached hydrogens (primary N) is 1. The van der Waals surface area contributed by atoms with E-state index in [0.717, 1.165) is 13.0 Å². The summed E-state index contributed by atoms with van der Waals surface area (Å²) < 4.78 is 0. The molecule has 0 saturated carbocycles. The summed E-state index contributed by atoms with van der Waals surface area (Å²) in [6.45, 7) is 7.66. The van der Waals surface area contributed by atoms with Crippen molar-refractivity contribution in [1.29, 1.82) is 0 Å². The van der Waals surface area contributed by atoms with Crippen LogP contribution in [0.2, 0.25) is 0 Å². The summed E-state index contributed by atoms with van der Waals surface area (Å²) in [7, 11) is 0. The normalized spacial score (nSPS) is 11.5. The Kier molecular flexibility index (Phi) is 7.51. The molecule has 0 aliphatic carbocycles. The monoisotopic (exact) mass is 172 g/mol. The van der Waals surface area contributed by atoms with Gasteiger partial charge in [-0.3, -0.25) is 5.84 Å². The number of hydrazine groups is 1. The summed E-state index contributed by atoms with van der Waals surface area (Å²) in [6, 6.07) is 0.611. The molecule has 0 aromatic carbocycles. The summed E-state index contributed by atoms with van der Waals surface area (Å²) in [5.41, 5.74) is 0. The van der Waals surface area contributed by atoms with Crippen molar-refractivity contribution in [1.82, 2.24) is 5.01 Å². The summed E-state index contributed by atoms with van der Waals surface area (Å²) >= 11 is 0. The molecule has 0 radical (unpaired) electrons. The molecular formula is C10H24N2. The minimum Gasteiger partial charge on any atom is -0.269 e. The predicted molar refractivity (Wildman–Crippen MR) is 54.8 cm³/mol. The van der Waals surface area contributed by atoms with E-state index in [1.165, 1.54) is 25.7 Å². The molecule has 0 atom stereocenters. The highest BCUT2D eigenvalue weighted by Crippen LogP contribution is 2.09. The second-order valence-corrected chi connectivity index (χ2v) is 3.47. The number of nitrogens with zero attached hydrogens (tertiary/aromatic N) is 1. The standard InChI is InChI=1S/C10H24N2/c1-4-7-10(8-5-2)12(11)9-6-3/h10H,4-9,11H2,1-3H3. The largest absolute Gasteiger partial charge is 0.269 e. The van der Waals surface area contributed by atoms with Crippen molar-refractivity contribution in [3.8, 4) is 0 Å². The average Bonchev–Trinajstić information content (AvgIpc) is 2.04. The Bertz CT molecular complexity index is 87.8. The quantitative estimate of drug-likeness (QED) is 0.472. The first kappa shape index (κ1) is 11.9. The van der Waals surface area contributed by atoms with Gasteiger partial charge < -0.3 is 0 Å². The lowest BCUT2D eigenvalue weighted by Gasteiger charge is -2.26. The second-order valence-electron chi connectivity index (χ2n) is 3.47. The molecule has 0 bridgehead atoms. The first-order valence-electron chi connectivity index (χ1n) is 5.27. The highest BCUT2D eigenvalue weighted by molar-refractivity contribution is 4.65. The topological polar surface area (TPSA) is 29.3 Å². The molecule has 0 unspecified atom stereocenters. The average molecular weight is 172 g/mol. The van der Waals surface area contributed by atoms with Crippen LogP contribution in [0.3, 0.4) is 0 Å². The fourth-order valence-corrected chi connectivity index (χ4v) is 1.58. The second kappa shape index (κ2) is 7.56. The molecule has 0 aromatic rings. The summed E-state index contributed by atoms with van der Waals surface area (Å²) in [6.07, 6.45) is 6.11. The van der Waals surface area contributed by atoms with Gasteiger partial charge in [0, 0.05) is 12.6 Å². The van der Waals surface area contributed by atoms with Gasteiger partial charge in [0.2, 0.25) is 0 Å². The molecule has 0 fully saturated rings. The van der Waals surface area contributed by atoms with E-state index in [9.17, 15) is 0 Å². The highest BCUT2D eigenvalue weighted by atomic mass is 15.4. The maximum Gasteiger partial charge on any atom is 0.0240 e. The van der Waals surface area contributed by atoms with Crippen LogP contribution in [-0.4, -0.2) is 17.6 Å². The van der Waals surface area contributed by atoms with Crippen molar-refractivity contribution in [2.24, 2.45) is 5.84 Å². The molecule has 0 heterocycles. The Morgan fingerprint density at radius 3 is 1.83 bits per heavy atom. The lowest BCUT2D eigenvalue weighted by atomic mass is 10.1. The lowest BCUT2D eigenvalue weighted by molar-refractivity contribution is 0.178. The fraction of sp³-hybridized carbons (Fsp3) is 1.00. The Morgan fingerprint density at radius 1 is 1.00 bits per heavy atom. The first-order valence-corrected chi connectivity index (χ1v) is 5.27. The molecular weight excluding hydrogens is 148 g/mol. The summed E-state index contributed by atoms with van der Waals surface area (Å²) in [5, 5.41) is 2.02. The Morgan fingerprint density at radius 2 is 1.50 bits per heavy atom. The van der Waals surface area contributed by atoms with Crippen LogP contribution >= 0.6 is 0 Å². The van der Waals surface area contributed by atoms with Crippen molar-refractivity contribution in [3.63, 3.8) is 0 Å². The van der Waals surface area contributed by atoms with Gasteiger partial charge in [-0.25, -0.2) is 5.01 Å². The van der Waals surface area contributed by atoms with Crippen molar-refractivity contribution in [3.05, 3.63) is 0 Å². The third-order valence-corrected chi connectivity index (χ3v) is 2.19. The lowest BCUT2D eigenvalue weighted by Crippen LogP contribution is -2.41. The van der Waals surface area contributed by atoms with Gasteiger partial charge in [0.15, 0.2) is 0 Å². The molecule has 0 amide bonds. The van der Waals surface area contributed by atoms with Crippen molar-refractivity contribution < 1.29 is 0 Å².